The summed E-state index contributed by atoms with van der Waals surface area (Å²) in [4.78, 5) is 8.02. The second-order valence-corrected chi connectivity index (χ2v) is 5.54. The van der Waals surface area contributed by atoms with Crippen LogP contribution < -0.4 is 10.6 Å². The summed E-state index contributed by atoms with van der Waals surface area (Å²) in [6, 6.07) is -0.203. The second-order valence-electron chi connectivity index (χ2n) is 5.19. The summed E-state index contributed by atoms with van der Waals surface area (Å²) >= 11 is 5.72. The number of methoxy groups -OCH3 is 1. The van der Waals surface area contributed by atoms with Crippen LogP contribution in [0.25, 0.3) is 0 Å². The van der Waals surface area contributed by atoms with E-state index >= 15 is 0 Å². The molecule has 0 spiro atoms. The summed E-state index contributed by atoms with van der Waals surface area (Å²) in [7, 11) is 1.55. The number of aliphatic hydroxyl groups is 2. The van der Waals surface area contributed by atoms with Gasteiger partial charge in [-0.3, -0.25) is 4.90 Å². The van der Waals surface area contributed by atoms with Crippen molar-refractivity contribution in [3.8, 4) is 0 Å². The number of anilines is 2. The Kier molecular flexibility index (Phi) is 6.09. The Morgan fingerprint density at radius 2 is 2.23 bits per heavy atom. The van der Waals surface area contributed by atoms with Crippen LogP contribution in [0.2, 0.25) is 5.15 Å². The topological polar surface area (TPSA) is 121 Å². The van der Waals surface area contributed by atoms with E-state index in [0.717, 1.165) is 0 Å². The van der Waals surface area contributed by atoms with Crippen molar-refractivity contribution in [3.05, 3.63) is 5.15 Å². The number of ether oxygens (including phenoxy) is 1. The lowest BCUT2D eigenvalue weighted by Crippen LogP contribution is -2.56. The van der Waals surface area contributed by atoms with Crippen LogP contribution in [0.5, 0.6) is 0 Å². The second kappa shape index (κ2) is 7.84. The number of aliphatic hydroxyl groups excluding tert-OH is 2. The summed E-state index contributed by atoms with van der Waals surface area (Å²) < 4.78 is 4.92. The van der Waals surface area contributed by atoms with Gasteiger partial charge in [0.05, 0.1) is 25.4 Å². The first-order valence-corrected chi connectivity index (χ1v) is 7.35. The summed E-state index contributed by atoms with van der Waals surface area (Å²) in [5, 5.41) is 27.2. The van der Waals surface area contributed by atoms with Gasteiger partial charge in [0.2, 0.25) is 5.95 Å². The van der Waals surface area contributed by atoms with Crippen LogP contribution in [0.3, 0.4) is 0 Å². The molecular formula is C12H21ClN6O3. The summed E-state index contributed by atoms with van der Waals surface area (Å²) in [5.41, 5.74) is 5.65. The minimum Gasteiger partial charge on any atom is -0.394 e. The predicted octanol–water partition coefficient (Wildman–Crippen LogP) is -1.40. The van der Waals surface area contributed by atoms with Gasteiger partial charge in [-0.25, -0.2) is 0 Å². The Morgan fingerprint density at radius 1 is 1.45 bits per heavy atom. The Labute approximate surface area is 133 Å². The Hall–Kier alpha value is -1.26. The van der Waals surface area contributed by atoms with Crippen molar-refractivity contribution < 1.29 is 14.9 Å². The molecule has 2 heterocycles. The van der Waals surface area contributed by atoms with Gasteiger partial charge < -0.3 is 25.6 Å². The highest BCUT2D eigenvalue weighted by atomic mass is 35.5. The van der Waals surface area contributed by atoms with Gasteiger partial charge in [0.1, 0.15) is 0 Å². The number of nitrogens with two attached hydrogens (primary N) is 1. The molecule has 124 valence electrons. The smallest absolute Gasteiger partial charge is 0.247 e. The molecular weight excluding hydrogens is 312 g/mol. The standard InChI is InChI=1S/C12H21ClN6O3/c1-22-7-9(21)5-18-2-3-19(8(4-18)6-20)12-15-11(14)10(13)16-17-12/h8-9,20-21H,2-7H2,1H3,(H2,14,15,17). The molecule has 10 heteroatoms. The first-order valence-electron chi connectivity index (χ1n) is 6.97. The third-order valence-electron chi connectivity index (χ3n) is 3.52. The molecule has 0 saturated carbocycles. The van der Waals surface area contributed by atoms with E-state index in [9.17, 15) is 10.2 Å². The molecule has 1 aliphatic rings. The number of hydrogen-bond donors (Lipinski definition) is 3. The van der Waals surface area contributed by atoms with E-state index in [2.05, 4.69) is 20.1 Å². The molecule has 1 aromatic rings. The van der Waals surface area contributed by atoms with Gasteiger partial charge in [-0.05, 0) is 0 Å². The summed E-state index contributed by atoms with van der Waals surface area (Å²) in [6.07, 6.45) is -0.556. The van der Waals surface area contributed by atoms with Gasteiger partial charge in [-0.15, -0.1) is 10.2 Å². The first-order chi connectivity index (χ1) is 10.5. The van der Waals surface area contributed by atoms with Gasteiger partial charge >= 0.3 is 0 Å². The number of aromatic nitrogens is 3. The maximum absolute atomic E-state index is 9.80. The van der Waals surface area contributed by atoms with Crippen molar-refractivity contribution in [2.45, 2.75) is 12.1 Å². The average molecular weight is 333 g/mol. The number of rotatable bonds is 6. The molecule has 0 radical (unpaired) electrons. The largest absolute Gasteiger partial charge is 0.394 e. The van der Waals surface area contributed by atoms with E-state index in [1.807, 2.05) is 4.90 Å². The Balaban J connectivity index is 2.02. The first kappa shape index (κ1) is 17.1. The summed E-state index contributed by atoms with van der Waals surface area (Å²) in [6.45, 7) is 2.56. The van der Waals surface area contributed by atoms with Crippen LogP contribution in [-0.2, 0) is 4.74 Å². The third kappa shape index (κ3) is 4.14. The fraction of sp³-hybridized carbons (Fsp3) is 0.750. The summed E-state index contributed by atoms with van der Waals surface area (Å²) in [5.74, 6) is 0.458. The molecule has 1 saturated heterocycles. The number of β-amino-alcohol motifs (C(OH)–C–C–N with tert-alkyl or cyclic N) is 1. The maximum Gasteiger partial charge on any atom is 0.247 e. The van der Waals surface area contributed by atoms with E-state index in [1.54, 1.807) is 7.11 Å². The molecule has 0 amide bonds. The zero-order chi connectivity index (χ0) is 16.1. The minimum absolute atomic E-state index is 0.0608. The fourth-order valence-electron chi connectivity index (χ4n) is 2.49. The molecule has 1 aliphatic heterocycles. The van der Waals surface area contributed by atoms with Crippen LogP contribution in [-0.4, -0.2) is 88.9 Å². The zero-order valence-electron chi connectivity index (χ0n) is 12.4. The normalized spacial score (nSPS) is 21.1. The molecule has 2 rings (SSSR count). The van der Waals surface area contributed by atoms with Crippen molar-refractivity contribution >= 4 is 23.4 Å². The van der Waals surface area contributed by atoms with Crippen LogP contribution in [0.4, 0.5) is 11.8 Å². The molecule has 1 aromatic heterocycles. The quantitative estimate of drug-likeness (QED) is 0.577. The van der Waals surface area contributed by atoms with Crippen LogP contribution in [0.15, 0.2) is 0 Å². The van der Waals surface area contributed by atoms with Crippen molar-refractivity contribution in [2.24, 2.45) is 0 Å². The molecule has 0 aliphatic carbocycles. The molecule has 2 atom stereocenters. The lowest BCUT2D eigenvalue weighted by Gasteiger charge is -2.41. The molecule has 22 heavy (non-hydrogen) atoms. The van der Waals surface area contributed by atoms with Crippen molar-refractivity contribution in [1.82, 2.24) is 20.1 Å². The minimum atomic E-state index is -0.556. The number of piperazine rings is 1. The highest BCUT2D eigenvalue weighted by Gasteiger charge is 2.29. The molecule has 0 bridgehead atoms. The van der Waals surface area contributed by atoms with Crippen molar-refractivity contribution in [2.75, 3.05) is 57.1 Å². The Morgan fingerprint density at radius 3 is 2.86 bits per heavy atom. The molecule has 4 N–H and O–H groups in total. The van der Waals surface area contributed by atoms with Gasteiger partial charge in [-0.2, -0.15) is 4.98 Å². The van der Waals surface area contributed by atoms with Gasteiger partial charge in [0.25, 0.3) is 0 Å². The van der Waals surface area contributed by atoms with E-state index in [0.29, 0.717) is 32.1 Å². The van der Waals surface area contributed by atoms with Gasteiger partial charge in [0, 0.05) is 33.3 Å². The number of halogens is 1. The van der Waals surface area contributed by atoms with Gasteiger partial charge in [0.15, 0.2) is 11.0 Å². The lowest BCUT2D eigenvalue weighted by molar-refractivity contribution is 0.0307. The van der Waals surface area contributed by atoms with Gasteiger partial charge in [-0.1, -0.05) is 11.6 Å². The molecule has 9 nitrogen and oxygen atoms in total. The van der Waals surface area contributed by atoms with E-state index in [4.69, 9.17) is 22.1 Å². The Bertz CT molecular complexity index is 494. The monoisotopic (exact) mass is 332 g/mol. The van der Waals surface area contributed by atoms with E-state index in [1.165, 1.54) is 0 Å². The van der Waals surface area contributed by atoms with E-state index in [-0.39, 0.29) is 30.2 Å². The van der Waals surface area contributed by atoms with Crippen LogP contribution >= 0.6 is 11.6 Å². The highest BCUT2D eigenvalue weighted by molar-refractivity contribution is 6.31. The third-order valence-corrected chi connectivity index (χ3v) is 3.79. The number of hydrogen-bond acceptors (Lipinski definition) is 9. The number of nitrogens with zero attached hydrogens (tertiary/aromatic N) is 5. The van der Waals surface area contributed by atoms with Crippen molar-refractivity contribution in [1.29, 1.82) is 0 Å². The van der Waals surface area contributed by atoms with E-state index < -0.39 is 6.10 Å². The molecule has 2 unspecified atom stereocenters. The lowest BCUT2D eigenvalue weighted by atomic mass is 10.1. The van der Waals surface area contributed by atoms with Crippen LogP contribution in [0, 0.1) is 0 Å². The van der Waals surface area contributed by atoms with Crippen molar-refractivity contribution in [3.63, 3.8) is 0 Å². The number of nitrogen functional groups attached to an aromatic ring is 1. The van der Waals surface area contributed by atoms with Crippen LogP contribution in [0.1, 0.15) is 0 Å². The highest BCUT2D eigenvalue weighted by Crippen LogP contribution is 2.19. The average Bonchev–Trinajstić information content (AvgIpc) is 2.50. The SMILES string of the molecule is COCC(O)CN1CCN(c2nnc(Cl)c(N)n2)C(CO)C1. The maximum atomic E-state index is 9.80. The predicted molar refractivity (Wildman–Crippen MR) is 81.8 cm³/mol. The fourth-order valence-corrected chi connectivity index (χ4v) is 2.57. The zero-order valence-corrected chi connectivity index (χ0v) is 13.1. The molecule has 0 aromatic carbocycles. The molecule has 1 fully saturated rings.